The number of hydrogen-bond donors (Lipinski definition) is 1. The molecule has 0 aromatic heterocycles. The maximum absolute atomic E-state index is 11.3. The number of benzene rings is 1. The van der Waals surface area contributed by atoms with Crippen molar-refractivity contribution in [2.45, 2.75) is 30.3 Å². The molecule has 0 aliphatic carbocycles. The van der Waals surface area contributed by atoms with Crippen molar-refractivity contribution in [3.8, 4) is 0 Å². The van der Waals surface area contributed by atoms with Gasteiger partial charge < -0.3 is 5.32 Å². The molecule has 0 spiro atoms. The van der Waals surface area contributed by atoms with Crippen LogP contribution in [0.15, 0.2) is 29.2 Å². The lowest BCUT2D eigenvalue weighted by Crippen LogP contribution is -2.32. The van der Waals surface area contributed by atoms with Crippen LogP contribution < -0.4 is 5.32 Å². The van der Waals surface area contributed by atoms with Gasteiger partial charge in [0.1, 0.15) is 0 Å². The summed E-state index contributed by atoms with van der Waals surface area (Å²) in [5.41, 5.74) is 1.14. The Hall–Kier alpha value is -0.520. The van der Waals surface area contributed by atoms with E-state index in [1.165, 1.54) is 30.6 Å². The Morgan fingerprint density at radius 1 is 1.22 bits per heavy atom. The lowest BCUT2D eigenvalue weighted by atomic mass is 10.1. The van der Waals surface area contributed by atoms with E-state index in [4.69, 9.17) is 0 Å². The second kappa shape index (κ2) is 6.08. The highest BCUT2D eigenvalue weighted by Gasteiger charge is 2.12. The zero-order chi connectivity index (χ0) is 13.0. The van der Waals surface area contributed by atoms with Gasteiger partial charge in [0.2, 0.25) is 0 Å². The maximum atomic E-state index is 11.3. The molecule has 1 N–H and O–H groups in total. The van der Waals surface area contributed by atoms with Gasteiger partial charge in [0, 0.05) is 18.8 Å². The van der Waals surface area contributed by atoms with Crippen LogP contribution in [0.4, 0.5) is 0 Å². The van der Waals surface area contributed by atoms with Gasteiger partial charge in [-0.15, -0.1) is 0 Å². The fourth-order valence-corrected chi connectivity index (χ4v) is 3.76. The molecule has 100 valence electrons. The van der Waals surface area contributed by atoms with Gasteiger partial charge in [-0.3, -0.25) is 0 Å². The second-order valence-electron chi connectivity index (χ2n) is 4.68. The van der Waals surface area contributed by atoms with Crippen LogP contribution in [0.1, 0.15) is 18.4 Å². The van der Waals surface area contributed by atoms with Crippen LogP contribution >= 0.6 is 11.8 Å². The molecular formula is C13H19NO2S2. The fraction of sp³-hybridized carbons (Fsp3) is 0.538. The van der Waals surface area contributed by atoms with E-state index in [0.29, 0.717) is 10.9 Å². The predicted molar refractivity (Wildman–Crippen MR) is 76.7 cm³/mol. The molecule has 5 heteroatoms. The van der Waals surface area contributed by atoms with E-state index in [9.17, 15) is 8.42 Å². The number of rotatable bonds is 4. The molecule has 1 aliphatic rings. The highest BCUT2D eigenvalue weighted by molar-refractivity contribution is 7.99. The highest BCUT2D eigenvalue weighted by atomic mass is 32.2. The van der Waals surface area contributed by atoms with E-state index in [0.717, 1.165) is 12.1 Å². The molecule has 1 aromatic rings. The summed E-state index contributed by atoms with van der Waals surface area (Å²) >= 11 is 2.02. The Labute approximate surface area is 113 Å². The van der Waals surface area contributed by atoms with E-state index < -0.39 is 9.84 Å². The molecule has 0 saturated carbocycles. The summed E-state index contributed by atoms with van der Waals surface area (Å²) in [6, 6.07) is 7.76. The van der Waals surface area contributed by atoms with Crippen molar-refractivity contribution < 1.29 is 8.42 Å². The Kier molecular flexibility index (Phi) is 4.70. The third kappa shape index (κ3) is 4.00. The van der Waals surface area contributed by atoms with Gasteiger partial charge in [-0.25, -0.2) is 8.42 Å². The van der Waals surface area contributed by atoms with Crippen LogP contribution in [-0.4, -0.2) is 32.2 Å². The molecule has 0 amide bonds. The van der Waals surface area contributed by atoms with Crippen LogP contribution in [0.3, 0.4) is 0 Å². The first-order valence-electron chi connectivity index (χ1n) is 6.16. The molecule has 1 fully saturated rings. The smallest absolute Gasteiger partial charge is 0.175 e. The van der Waals surface area contributed by atoms with Crippen molar-refractivity contribution in [2.24, 2.45) is 0 Å². The minimum atomic E-state index is -3.08. The van der Waals surface area contributed by atoms with Gasteiger partial charge >= 0.3 is 0 Å². The van der Waals surface area contributed by atoms with Gasteiger partial charge in [-0.05, 0) is 42.0 Å². The molecular weight excluding hydrogens is 266 g/mol. The van der Waals surface area contributed by atoms with E-state index >= 15 is 0 Å². The lowest BCUT2D eigenvalue weighted by molar-refractivity contribution is 0.482. The Balaban J connectivity index is 1.90. The van der Waals surface area contributed by atoms with Gasteiger partial charge in [0.25, 0.3) is 0 Å². The minimum absolute atomic E-state index is 0.389. The Morgan fingerprint density at radius 3 is 2.39 bits per heavy atom. The van der Waals surface area contributed by atoms with Crippen LogP contribution in [0.2, 0.25) is 0 Å². The second-order valence-corrected chi connectivity index (χ2v) is 7.92. The van der Waals surface area contributed by atoms with E-state index in [-0.39, 0.29) is 0 Å². The number of thioether (sulfide) groups is 1. The zero-order valence-corrected chi connectivity index (χ0v) is 12.2. The fourth-order valence-electron chi connectivity index (χ4n) is 2.02. The predicted octanol–water partition coefficient (Wildman–Crippen LogP) is 2.08. The monoisotopic (exact) mass is 285 g/mol. The van der Waals surface area contributed by atoms with Crippen molar-refractivity contribution in [1.82, 2.24) is 5.32 Å². The topological polar surface area (TPSA) is 46.2 Å². The summed E-state index contributed by atoms with van der Waals surface area (Å²) in [7, 11) is -3.08. The summed E-state index contributed by atoms with van der Waals surface area (Å²) in [4.78, 5) is 0.389. The zero-order valence-electron chi connectivity index (χ0n) is 10.6. The van der Waals surface area contributed by atoms with Crippen molar-refractivity contribution >= 4 is 21.6 Å². The normalized spacial score (nSPS) is 17.8. The van der Waals surface area contributed by atoms with Gasteiger partial charge in [-0.1, -0.05) is 12.1 Å². The van der Waals surface area contributed by atoms with Crippen LogP contribution in [0.5, 0.6) is 0 Å². The third-order valence-corrected chi connectivity index (χ3v) is 5.34. The summed E-state index contributed by atoms with van der Waals surface area (Å²) in [5, 5.41) is 3.53. The molecule has 1 saturated heterocycles. The van der Waals surface area contributed by atoms with E-state index in [2.05, 4.69) is 5.32 Å². The van der Waals surface area contributed by atoms with Gasteiger partial charge in [0.05, 0.1) is 4.90 Å². The Bertz CT molecular complexity index is 476. The SMILES string of the molecule is CS(=O)(=O)c1ccc(CNC2CCSCC2)cc1. The molecule has 18 heavy (non-hydrogen) atoms. The third-order valence-electron chi connectivity index (χ3n) is 3.17. The Morgan fingerprint density at radius 2 is 1.83 bits per heavy atom. The van der Waals surface area contributed by atoms with E-state index in [1.54, 1.807) is 12.1 Å². The first-order valence-corrected chi connectivity index (χ1v) is 9.20. The highest BCUT2D eigenvalue weighted by Crippen LogP contribution is 2.17. The molecule has 0 atom stereocenters. The van der Waals surface area contributed by atoms with Crippen LogP contribution in [0.25, 0.3) is 0 Å². The molecule has 1 aromatic carbocycles. The number of sulfone groups is 1. The minimum Gasteiger partial charge on any atom is -0.310 e. The standard InChI is InChI=1S/C13H19NO2S2/c1-18(15,16)13-4-2-11(3-5-13)10-14-12-6-8-17-9-7-12/h2-5,12,14H,6-10H2,1H3. The first-order chi connectivity index (χ1) is 8.55. The van der Waals surface area contributed by atoms with Gasteiger partial charge in [-0.2, -0.15) is 11.8 Å². The average Bonchev–Trinajstić information content (AvgIpc) is 2.37. The van der Waals surface area contributed by atoms with Crippen LogP contribution in [-0.2, 0) is 16.4 Å². The maximum Gasteiger partial charge on any atom is 0.175 e. The number of hydrogen-bond acceptors (Lipinski definition) is 4. The molecule has 0 bridgehead atoms. The lowest BCUT2D eigenvalue weighted by Gasteiger charge is -2.22. The molecule has 3 nitrogen and oxygen atoms in total. The first kappa shape index (κ1) is 13.9. The average molecular weight is 285 g/mol. The number of nitrogens with one attached hydrogen (secondary N) is 1. The van der Waals surface area contributed by atoms with Crippen LogP contribution in [0, 0.1) is 0 Å². The van der Waals surface area contributed by atoms with Crippen molar-refractivity contribution in [3.05, 3.63) is 29.8 Å². The van der Waals surface area contributed by atoms with Crippen molar-refractivity contribution in [1.29, 1.82) is 0 Å². The molecule has 2 rings (SSSR count). The van der Waals surface area contributed by atoms with Crippen molar-refractivity contribution in [3.63, 3.8) is 0 Å². The molecule has 1 heterocycles. The van der Waals surface area contributed by atoms with Crippen molar-refractivity contribution in [2.75, 3.05) is 17.8 Å². The summed E-state index contributed by atoms with van der Waals surface area (Å²) < 4.78 is 22.7. The quantitative estimate of drug-likeness (QED) is 0.920. The molecule has 0 radical (unpaired) electrons. The summed E-state index contributed by atoms with van der Waals surface area (Å²) in [5.74, 6) is 2.48. The van der Waals surface area contributed by atoms with Gasteiger partial charge in [0.15, 0.2) is 9.84 Å². The van der Waals surface area contributed by atoms with E-state index in [1.807, 2.05) is 23.9 Å². The molecule has 0 unspecified atom stereocenters. The summed E-state index contributed by atoms with van der Waals surface area (Å²) in [6.07, 6.45) is 3.69. The molecule has 1 aliphatic heterocycles. The summed E-state index contributed by atoms with van der Waals surface area (Å²) in [6.45, 7) is 0.819. The largest absolute Gasteiger partial charge is 0.310 e.